The number of carbonyl (C=O) groups is 2. The van der Waals surface area contributed by atoms with Gasteiger partial charge in [0, 0.05) is 11.3 Å². The van der Waals surface area contributed by atoms with E-state index in [0.717, 1.165) is 10.5 Å². The first-order valence-electron chi connectivity index (χ1n) is 5.65. The van der Waals surface area contributed by atoms with Crippen LogP contribution in [0, 0.1) is 0 Å². The SMILES string of the molecule is CCOC(=O)c1c(CCC(=O)O)cccc1SC. The summed E-state index contributed by atoms with van der Waals surface area (Å²) in [7, 11) is 0. The van der Waals surface area contributed by atoms with Crippen molar-refractivity contribution in [1.29, 1.82) is 0 Å². The first-order valence-corrected chi connectivity index (χ1v) is 6.87. The molecule has 0 heterocycles. The molecule has 4 nitrogen and oxygen atoms in total. The zero-order chi connectivity index (χ0) is 13.5. The lowest BCUT2D eigenvalue weighted by Gasteiger charge is -2.11. The molecule has 0 fully saturated rings. The summed E-state index contributed by atoms with van der Waals surface area (Å²) in [6, 6.07) is 5.43. The third-order valence-electron chi connectivity index (χ3n) is 2.42. The van der Waals surface area contributed by atoms with Crippen LogP contribution in [0.25, 0.3) is 0 Å². The Kier molecular flexibility index (Phi) is 5.71. The summed E-state index contributed by atoms with van der Waals surface area (Å²) in [5, 5.41) is 8.71. The first-order chi connectivity index (χ1) is 8.60. The van der Waals surface area contributed by atoms with Crippen LogP contribution < -0.4 is 0 Å². The van der Waals surface area contributed by atoms with Gasteiger partial charge in [-0.2, -0.15) is 0 Å². The molecule has 98 valence electrons. The van der Waals surface area contributed by atoms with Gasteiger partial charge in [-0.1, -0.05) is 12.1 Å². The number of esters is 1. The number of benzene rings is 1. The Morgan fingerprint density at radius 2 is 2.11 bits per heavy atom. The molecule has 0 aliphatic carbocycles. The molecular weight excluding hydrogens is 252 g/mol. The van der Waals surface area contributed by atoms with Crippen molar-refractivity contribution in [3.8, 4) is 0 Å². The highest BCUT2D eigenvalue weighted by Crippen LogP contribution is 2.25. The molecule has 0 atom stereocenters. The molecule has 1 rings (SSSR count). The van der Waals surface area contributed by atoms with Crippen LogP contribution in [0.15, 0.2) is 23.1 Å². The number of carboxylic acids is 1. The van der Waals surface area contributed by atoms with Crippen LogP contribution in [0.1, 0.15) is 29.3 Å². The summed E-state index contributed by atoms with van der Waals surface area (Å²) in [6.07, 6.45) is 2.21. The lowest BCUT2D eigenvalue weighted by Crippen LogP contribution is -2.11. The highest BCUT2D eigenvalue weighted by Gasteiger charge is 2.17. The van der Waals surface area contributed by atoms with Gasteiger partial charge in [0.05, 0.1) is 12.2 Å². The second-order valence-corrected chi connectivity index (χ2v) is 4.46. The van der Waals surface area contributed by atoms with Gasteiger partial charge in [-0.3, -0.25) is 4.79 Å². The zero-order valence-electron chi connectivity index (χ0n) is 10.4. The van der Waals surface area contributed by atoms with Crippen LogP contribution >= 0.6 is 11.8 Å². The van der Waals surface area contributed by atoms with E-state index in [1.54, 1.807) is 13.0 Å². The van der Waals surface area contributed by atoms with E-state index in [2.05, 4.69) is 0 Å². The summed E-state index contributed by atoms with van der Waals surface area (Å²) in [5.74, 6) is -1.26. The molecule has 1 aromatic carbocycles. The molecule has 0 amide bonds. The summed E-state index contributed by atoms with van der Waals surface area (Å²) in [4.78, 5) is 23.3. The standard InChI is InChI=1S/C13H16O4S/c1-3-17-13(16)12-9(7-8-11(14)15)5-4-6-10(12)18-2/h4-6H,3,7-8H2,1-2H3,(H,14,15). The van der Waals surface area contributed by atoms with Crippen LogP contribution in [0.5, 0.6) is 0 Å². The van der Waals surface area contributed by atoms with E-state index in [4.69, 9.17) is 9.84 Å². The minimum Gasteiger partial charge on any atom is -0.481 e. The van der Waals surface area contributed by atoms with Crippen LogP contribution in [0.3, 0.4) is 0 Å². The molecule has 0 aromatic heterocycles. The van der Waals surface area contributed by atoms with Crippen molar-refractivity contribution >= 4 is 23.7 Å². The Morgan fingerprint density at radius 3 is 2.67 bits per heavy atom. The molecule has 0 saturated heterocycles. The number of rotatable bonds is 6. The lowest BCUT2D eigenvalue weighted by molar-refractivity contribution is -0.136. The predicted octanol–water partition coefficient (Wildman–Crippen LogP) is 2.60. The molecule has 0 bridgehead atoms. The van der Waals surface area contributed by atoms with Crippen molar-refractivity contribution < 1.29 is 19.4 Å². The smallest absolute Gasteiger partial charge is 0.339 e. The average molecular weight is 268 g/mol. The van der Waals surface area contributed by atoms with Gasteiger partial charge in [-0.25, -0.2) is 4.79 Å². The number of hydrogen-bond acceptors (Lipinski definition) is 4. The number of carboxylic acid groups (broad SMARTS) is 1. The topological polar surface area (TPSA) is 63.6 Å². The summed E-state index contributed by atoms with van der Waals surface area (Å²) < 4.78 is 5.02. The third-order valence-corrected chi connectivity index (χ3v) is 3.20. The fraction of sp³-hybridized carbons (Fsp3) is 0.385. The Bertz CT molecular complexity index is 443. The fourth-order valence-electron chi connectivity index (χ4n) is 1.63. The van der Waals surface area contributed by atoms with E-state index in [9.17, 15) is 9.59 Å². The Hall–Kier alpha value is -1.49. The second kappa shape index (κ2) is 7.06. The van der Waals surface area contributed by atoms with Gasteiger partial charge in [0.2, 0.25) is 0 Å². The molecule has 0 spiro atoms. The maximum absolute atomic E-state index is 11.9. The molecule has 0 unspecified atom stereocenters. The maximum Gasteiger partial charge on any atom is 0.339 e. The van der Waals surface area contributed by atoms with Gasteiger partial charge >= 0.3 is 11.9 Å². The molecule has 5 heteroatoms. The number of aryl methyl sites for hydroxylation is 1. The van der Waals surface area contributed by atoms with Crippen molar-refractivity contribution in [2.24, 2.45) is 0 Å². The van der Waals surface area contributed by atoms with Crippen molar-refractivity contribution in [3.05, 3.63) is 29.3 Å². The largest absolute Gasteiger partial charge is 0.481 e. The van der Waals surface area contributed by atoms with Gasteiger partial charge in [-0.05, 0) is 31.2 Å². The monoisotopic (exact) mass is 268 g/mol. The number of carbonyl (C=O) groups excluding carboxylic acids is 1. The van der Waals surface area contributed by atoms with Crippen molar-refractivity contribution in [3.63, 3.8) is 0 Å². The Morgan fingerprint density at radius 1 is 1.39 bits per heavy atom. The molecule has 0 radical (unpaired) electrons. The fourth-order valence-corrected chi connectivity index (χ4v) is 2.26. The van der Waals surface area contributed by atoms with Crippen LogP contribution in [-0.4, -0.2) is 29.9 Å². The molecule has 1 N–H and O–H groups in total. The molecule has 18 heavy (non-hydrogen) atoms. The normalized spacial score (nSPS) is 10.1. The Labute approximate surface area is 110 Å². The maximum atomic E-state index is 11.9. The molecule has 0 aliphatic rings. The van der Waals surface area contributed by atoms with E-state index < -0.39 is 5.97 Å². The number of aliphatic carboxylic acids is 1. The summed E-state index contributed by atoms with van der Waals surface area (Å²) in [5.41, 5.74) is 1.22. The van der Waals surface area contributed by atoms with Gasteiger partial charge in [0.1, 0.15) is 0 Å². The minimum absolute atomic E-state index is 0.00421. The van der Waals surface area contributed by atoms with Crippen LogP contribution in [-0.2, 0) is 16.0 Å². The quantitative estimate of drug-likeness (QED) is 0.634. The minimum atomic E-state index is -0.876. The third kappa shape index (κ3) is 3.77. The number of ether oxygens (including phenoxy) is 1. The summed E-state index contributed by atoms with van der Waals surface area (Å²) >= 11 is 1.45. The van der Waals surface area contributed by atoms with E-state index in [0.29, 0.717) is 18.6 Å². The van der Waals surface area contributed by atoms with Crippen molar-refractivity contribution in [2.45, 2.75) is 24.7 Å². The molecule has 0 aliphatic heterocycles. The van der Waals surface area contributed by atoms with Crippen molar-refractivity contribution in [1.82, 2.24) is 0 Å². The average Bonchev–Trinajstić information content (AvgIpc) is 2.35. The lowest BCUT2D eigenvalue weighted by atomic mass is 10.0. The van der Waals surface area contributed by atoms with E-state index >= 15 is 0 Å². The first kappa shape index (κ1) is 14.6. The van der Waals surface area contributed by atoms with Gasteiger partial charge in [-0.15, -0.1) is 11.8 Å². The second-order valence-electron chi connectivity index (χ2n) is 3.61. The molecular formula is C13H16O4S. The molecule has 1 aromatic rings. The number of thioether (sulfide) groups is 1. The van der Waals surface area contributed by atoms with E-state index in [-0.39, 0.29) is 12.4 Å². The van der Waals surface area contributed by atoms with Crippen LogP contribution in [0.2, 0.25) is 0 Å². The highest BCUT2D eigenvalue weighted by atomic mass is 32.2. The highest BCUT2D eigenvalue weighted by molar-refractivity contribution is 7.98. The van der Waals surface area contributed by atoms with Crippen molar-refractivity contribution in [2.75, 3.05) is 12.9 Å². The van der Waals surface area contributed by atoms with E-state index in [1.165, 1.54) is 11.8 Å². The van der Waals surface area contributed by atoms with Crippen LogP contribution in [0.4, 0.5) is 0 Å². The number of hydrogen-bond donors (Lipinski definition) is 1. The zero-order valence-corrected chi connectivity index (χ0v) is 11.3. The van der Waals surface area contributed by atoms with Gasteiger partial charge in [0.25, 0.3) is 0 Å². The van der Waals surface area contributed by atoms with Gasteiger partial charge < -0.3 is 9.84 Å². The predicted molar refractivity (Wildman–Crippen MR) is 70.1 cm³/mol. The van der Waals surface area contributed by atoms with Gasteiger partial charge in [0.15, 0.2) is 0 Å². The summed E-state index contributed by atoms with van der Waals surface area (Å²) in [6.45, 7) is 2.05. The molecule has 0 saturated carbocycles. The Balaban J connectivity index is 3.07. The van der Waals surface area contributed by atoms with E-state index in [1.807, 2.05) is 18.4 Å².